The van der Waals surface area contributed by atoms with E-state index in [2.05, 4.69) is 4.98 Å². The number of nitrogens with one attached hydrogen (secondary N) is 1. The van der Waals surface area contributed by atoms with Gasteiger partial charge in [0, 0.05) is 6.54 Å². The number of hydrogen-bond acceptors (Lipinski definition) is 4. The maximum atomic E-state index is 12.3. The summed E-state index contributed by atoms with van der Waals surface area (Å²) in [6.45, 7) is 1.10. The maximum Gasteiger partial charge on any atom is 0.272 e. The Morgan fingerprint density at radius 3 is 2.86 bits per heavy atom. The van der Waals surface area contributed by atoms with Crippen molar-refractivity contribution >= 4 is 33.8 Å². The zero-order valence-electron chi connectivity index (χ0n) is 11.2. The number of aromatic nitrogens is 2. The van der Waals surface area contributed by atoms with Crippen molar-refractivity contribution in [1.29, 1.82) is 0 Å². The van der Waals surface area contributed by atoms with E-state index in [1.54, 1.807) is 4.57 Å². The highest BCUT2D eigenvalue weighted by atomic mass is 32.1. The molecule has 6 heteroatoms. The minimum atomic E-state index is -0.0246. The Bertz CT molecular complexity index is 849. The van der Waals surface area contributed by atoms with Crippen LogP contribution < -0.4 is 10.3 Å². The molecule has 3 aromatic rings. The second kappa shape index (κ2) is 6.24. The lowest BCUT2D eigenvalue weighted by molar-refractivity contribution is 0.300. The van der Waals surface area contributed by atoms with Gasteiger partial charge in [0.15, 0.2) is 4.77 Å². The molecule has 1 aromatic carbocycles. The summed E-state index contributed by atoms with van der Waals surface area (Å²) in [5.41, 5.74) is 0.787. The number of nitrogens with zero attached hydrogens (tertiary/aromatic N) is 1. The maximum absolute atomic E-state index is 12.3. The van der Waals surface area contributed by atoms with Gasteiger partial charge < -0.3 is 9.72 Å². The van der Waals surface area contributed by atoms with Crippen molar-refractivity contribution < 1.29 is 4.74 Å². The summed E-state index contributed by atoms with van der Waals surface area (Å²) in [5, 5.41) is 1.89. The standard InChI is InChI=1S/C15H14N2O2S2/c18-14-13-12(7-10-21-13)16-15(20)17(14)8-4-9-19-11-5-2-1-3-6-11/h1-3,5-7,10H,4,8-9H2,(H,16,20). The van der Waals surface area contributed by atoms with Crippen LogP contribution in [-0.4, -0.2) is 16.2 Å². The van der Waals surface area contributed by atoms with E-state index in [9.17, 15) is 4.79 Å². The van der Waals surface area contributed by atoms with E-state index < -0.39 is 0 Å². The molecule has 0 fully saturated rings. The first-order valence-corrected chi connectivity index (χ1v) is 7.92. The molecule has 0 saturated heterocycles. The zero-order chi connectivity index (χ0) is 14.7. The highest BCUT2D eigenvalue weighted by molar-refractivity contribution is 7.71. The molecule has 0 atom stereocenters. The van der Waals surface area contributed by atoms with Crippen molar-refractivity contribution in [3.63, 3.8) is 0 Å². The van der Waals surface area contributed by atoms with Crippen LogP contribution >= 0.6 is 23.6 Å². The molecule has 0 aliphatic carbocycles. The van der Waals surface area contributed by atoms with Gasteiger partial charge in [-0.1, -0.05) is 18.2 Å². The van der Waals surface area contributed by atoms with Gasteiger partial charge in [0.05, 0.1) is 12.1 Å². The van der Waals surface area contributed by atoms with Gasteiger partial charge in [0.2, 0.25) is 0 Å². The number of fused-ring (bicyclic) bond motifs is 1. The number of benzene rings is 1. The van der Waals surface area contributed by atoms with E-state index in [4.69, 9.17) is 17.0 Å². The van der Waals surface area contributed by atoms with Gasteiger partial charge in [-0.2, -0.15) is 0 Å². The minimum absolute atomic E-state index is 0.0246. The first-order chi connectivity index (χ1) is 10.3. The third kappa shape index (κ3) is 3.06. The third-order valence-electron chi connectivity index (χ3n) is 3.13. The van der Waals surface area contributed by atoms with Gasteiger partial charge in [-0.15, -0.1) is 11.3 Å². The summed E-state index contributed by atoms with van der Waals surface area (Å²) >= 11 is 6.68. The van der Waals surface area contributed by atoms with E-state index >= 15 is 0 Å². The van der Waals surface area contributed by atoms with Crippen LogP contribution in [0.4, 0.5) is 0 Å². The van der Waals surface area contributed by atoms with E-state index in [0.717, 1.165) is 17.7 Å². The number of aromatic amines is 1. The van der Waals surface area contributed by atoms with Crippen LogP contribution in [0.3, 0.4) is 0 Å². The van der Waals surface area contributed by atoms with E-state index in [1.165, 1.54) is 11.3 Å². The monoisotopic (exact) mass is 318 g/mol. The van der Waals surface area contributed by atoms with Crippen LogP contribution in [0.15, 0.2) is 46.6 Å². The molecule has 0 unspecified atom stereocenters. The highest BCUT2D eigenvalue weighted by Gasteiger charge is 2.06. The Kier molecular flexibility index (Phi) is 4.17. The summed E-state index contributed by atoms with van der Waals surface area (Å²) in [6, 6.07) is 11.5. The molecule has 0 radical (unpaired) electrons. The predicted octanol–water partition coefficient (Wildman–Crippen LogP) is 3.59. The molecule has 0 bridgehead atoms. The topological polar surface area (TPSA) is 47.0 Å². The van der Waals surface area contributed by atoms with Crippen LogP contribution in [0.25, 0.3) is 10.2 Å². The molecule has 0 spiro atoms. The van der Waals surface area contributed by atoms with Gasteiger partial charge in [-0.25, -0.2) is 0 Å². The molecule has 108 valence electrons. The van der Waals surface area contributed by atoms with Crippen molar-refractivity contribution in [3.8, 4) is 5.75 Å². The third-order valence-corrected chi connectivity index (χ3v) is 4.35. The Morgan fingerprint density at radius 2 is 2.05 bits per heavy atom. The van der Waals surface area contributed by atoms with Gasteiger partial charge in [0.1, 0.15) is 10.4 Å². The van der Waals surface area contributed by atoms with Gasteiger partial charge >= 0.3 is 0 Å². The van der Waals surface area contributed by atoms with Crippen LogP contribution in [0.1, 0.15) is 6.42 Å². The Labute approximate surface area is 130 Å². The summed E-state index contributed by atoms with van der Waals surface area (Å²) in [6.07, 6.45) is 0.725. The molecule has 1 N–H and O–H groups in total. The fourth-order valence-corrected chi connectivity index (χ4v) is 3.18. The zero-order valence-corrected chi connectivity index (χ0v) is 12.9. The van der Waals surface area contributed by atoms with Crippen LogP contribution in [-0.2, 0) is 6.54 Å². The summed E-state index contributed by atoms with van der Waals surface area (Å²) < 4.78 is 8.40. The van der Waals surface area contributed by atoms with E-state index in [0.29, 0.717) is 22.6 Å². The van der Waals surface area contributed by atoms with Gasteiger partial charge in [0.25, 0.3) is 5.56 Å². The lowest BCUT2D eigenvalue weighted by atomic mass is 10.3. The number of para-hydroxylation sites is 1. The van der Waals surface area contributed by atoms with E-state index in [1.807, 2.05) is 41.8 Å². The Hall–Kier alpha value is -1.92. The van der Waals surface area contributed by atoms with E-state index in [-0.39, 0.29) is 5.56 Å². The molecular formula is C15H14N2O2S2. The fraction of sp³-hybridized carbons (Fsp3) is 0.200. The molecule has 0 aliphatic rings. The molecule has 21 heavy (non-hydrogen) atoms. The van der Waals surface area contributed by atoms with Gasteiger partial charge in [-0.3, -0.25) is 9.36 Å². The van der Waals surface area contributed by atoms with Gasteiger partial charge in [-0.05, 0) is 42.2 Å². The summed E-state index contributed by atoms with van der Waals surface area (Å²) in [7, 11) is 0. The average Bonchev–Trinajstić information content (AvgIpc) is 2.96. The van der Waals surface area contributed by atoms with Crippen LogP contribution in [0.2, 0.25) is 0 Å². The highest BCUT2D eigenvalue weighted by Crippen LogP contribution is 2.14. The minimum Gasteiger partial charge on any atom is -0.494 e. The fourth-order valence-electron chi connectivity index (χ4n) is 2.10. The van der Waals surface area contributed by atoms with Crippen molar-refractivity contribution in [2.75, 3.05) is 6.61 Å². The van der Waals surface area contributed by atoms with Crippen LogP contribution in [0.5, 0.6) is 5.75 Å². The average molecular weight is 318 g/mol. The lowest BCUT2D eigenvalue weighted by Crippen LogP contribution is -2.22. The summed E-state index contributed by atoms with van der Waals surface area (Å²) in [4.78, 5) is 15.4. The SMILES string of the molecule is O=c1c2sccc2[nH]c(=S)n1CCCOc1ccccc1. The molecule has 2 heterocycles. The van der Waals surface area contributed by atoms with Crippen molar-refractivity contribution in [3.05, 3.63) is 56.9 Å². The van der Waals surface area contributed by atoms with Crippen molar-refractivity contribution in [2.24, 2.45) is 0 Å². The number of H-pyrrole nitrogens is 1. The lowest BCUT2D eigenvalue weighted by Gasteiger charge is -2.08. The number of ether oxygens (including phenoxy) is 1. The van der Waals surface area contributed by atoms with Crippen LogP contribution in [0, 0.1) is 4.77 Å². The normalized spacial score (nSPS) is 10.9. The molecule has 0 amide bonds. The molecule has 2 aromatic heterocycles. The molecular weight excluding hydrogens is 304 g/mol. The quantitative estimate of drug-likeness (QED) is 0.578. The smallest absolute Gasteiger partial charge is 0.272 e. The molecule has 4 nitrogen and oxygen atoms in total. The second-order valence-corrected chi connectivity index (χ2v) is 5.87. The predicted molar refractivity (Wildman–Crippen MR) is 87.8 cm³/mol. The second-order valence-electron chi connectivity index (χ2n) is 4.57. The first kappa shape index (κ1) is 14.0. The Morgan fingerprint density at radius 1 is 1.24 bits per heavy atom. The Balaban J connectivity index is 1.68. The summed E-state index contributed by atoms with van der Waals surface area (Å²) in [5.74, 6) is 0.837. The molecule has 0 aliphatic heterocycles. The van der Waals surface area contributed by atoms with Crippen molar-refractivity contribution in [1.82, 2.24) is 9.55 Å². The first-order valence-electron chi connectivity index (χ1n) is 6.64. The van der Waals surface area contributed by atoms with Crippen molar-refractivity contribution in [2.45, 2.75) is 13.0 Å². The number of thiophene rings is 1. The number of hydrogen-bond donors (Lipinski definition) is 1. The molecule has 3 rings (SSSR count). The molecule has 0 saturated carbocycles. The number of rotatable bonds is 5. The largest absolute Gasteiger partial charge is 0.494 e.